The predicted molar refractivity (Wildman–Crippen MR) is 53.3 cm³/mol. The van der Waals surface area contributed by atoms with Gasteiger partial charge in [-0.1, -0.05) is 0 Å². The van der Waals surface area contributed by atoms with Gasteiger partial charge in [0, 0.05) is 22.7 Å². The summed E-state index contributed by atoms with van der Waals surface area (Å²) in [6, 6.07) is 6.44. The number of H-pyrrole nitrogens is 1. The maximum atomic E-state index is 12.3. The third-order valence-electron chi connectivity index (χ3n) is 2.27. The Morgan fingerprint density at radius 3 is 2.81 bits per heavy atom. The fraction of sp³-hybridized carbons (Fsp3) is 0.0909. The number of nitrogens with zero attached hydrogens (tertiary/aromatic N) is 1. The number of benzene rings is 1. The van der Waals surface area contributed by atoms with Gasteiger partial charge in [0.2, 0.25) is 5.78 Å². The maximum Gasteiger partial charge on any atom is 0.300 e. The molecule has 2 rings (SSSR count). The monoisotopic (exact) mass is 220 g/mol. The molecular formula is C11H6F2N2O. The number of nitrogens with one attached hydrogen (secondary N) is 1. The van der Waals surface area contributed by atoms with Gasteiger partial charge in [-0.2, -0.15) is 5.26 Å². The first kappa shape index (κ1) is 10.3. The number of nitriles is 1. The van der Waals surface area contributed by atoms with Gasteiger partial charge in [0.05, 0.1) is 11.6 Å². The molecule has 0 saturated carbocycles. The number of hydrogen-bond acceptors (Lipinski definition) is 2. The molecule has 2 aromatic rings. The molecule has 3 nitrogen and oxygen atoms in total. The first-order valence-electron chi connectivity index (χ1n) is 4.47. The highest BCUT2D eigenvalue weighted by Gasteiger charge is 2.21. The number of aromatic amines is 1. The lowest BCUT2D eigenvalue weighted by molar-refractivity contribution is 0.0680. The van der Waals surface area contributed by atoms with E-state index in [4.69, 9.17) is 5.26 Å². The van der Waals surface area contributed by atoms with Gasteiger partial charge in [-0.15, -0.1) is 0 Å². The molecule has 1 N–H and O–H groups in total. The fourth-order valence-corrected chi connectivity index (χ4v) is 1.51. The van der Waals surface area contributed by atoms with Crippen molar-refractivity contribution >= 4 is 16.7 Å². The molecule has 0 radical (unpaired) electrons. The lowest BCUT2D eigenvalue weighted by atomic mass is 10.1. The Balaban J connectivity index is 2.64. The third kappa shape index (κ3) is 1.54. The van der Waals surface area contributed by atoms with Crippen LogP contribution in [0.2, 0.25) is 0 Å². The molecule has 0 amide bonds. The first-order valence-corrected chi connectivity index (χ1v) is 4.47. The van der Waals surface area contributed by atoms with Gasteiger partial charge in [0.1, 0.15) is 0 Å². The van der Waals surface area contributed by atoms with E-state index in [1.807, 2.05) is 6.07 Å². The standard InChI is InChI=1S/C11H6F2N2O/c12-11(13)10(16)8-5-15-9-2-1-6(4-14)3-7(8)9/h1-3,5,11,15H. The molecule has 80 valence electrons. The molecule has 0 aliphatic carbocycles. The number of Topliss-reactive ketones (excluding diaryl/α,β-unsaturated/α-hetero) is 1. The SMILES string of the molecule is N#Cc1ccc2[nH]cc(C(=O)C(F)F)c2c1. The number of carbonyl (C=O) groups excluding carboxylic acids is 1. The highest BCUT2D eigenvalue weighted by atomic mass is 19.3. The van der Waals surface area contributed by atoms with E-state index in [-0.39, 0.29) is 5.56 Å². The van der Waals surface area contributed by atoms with Gasteiger partial charge in [0.15, 0.2) is 0 Å². The van der Waals surface area contributed by atoms with Crippen LogP contribution in [0.4, 0.5) is 8.78 Å². The molecule has 0 bridgehead atoms. The molecule has 5 heteroatoms. The summed E-state index contributed by atoms with van der Waals surface area (Å²) in [5, 5.41) is 9.03. The Bertz CT molecular complexity index is 596. The van der Waals surface area contributed by atoms with Crippen molar-refractivity contribution < 1.29 is 13.6 Å². The fourth-order valence-electron chi connectivity index (χ4n) is 1.51. The van der Waals surface area contributed by atoms with Crippen molar-refractivity contribution in [1.29, 1.82) is 5.26 Å². The van der Waals surface area contributed by atoms with E-state index in [0.29, 0.717) is 16.5 Å². The lowest BCUT2D eigenvalue weighted by Crippen LogP contribution is -2.09. The molecule has 0 fully saturated rings. The number of rotatable bonds is 2. The number of hydrogen-bond donors (Lipinski definition) is 1. The highest BCUT2D eigenvalue weighted by molar-refractivity contribution is 6.09. The first-order chi connectivity index (χ1) is 7.63. The minimum atomic E-state index is -3.04. The van der Waals surface area contributed by atoms with Crippen molar-refractivity contribution in [3.8, 4) is 6.07 Å². The molecule has 0 aliphatic rings. The second kappa shape index (κ2) is 3.74. The third-order valence-corrected chi connectivity index (χ3v) is 2.27. The van der Waals surface area contributed by atoms with Gasteiger partial charge >= 0.3 is 6.43 Å². The van der Waals surface area contributed by atoms with Crippen molar-refractivity contribution in [3.05, 3.63) is 35.5 Å². The van der Waals surface area contributed by atoms with E-state index < -0.39 is 12.2 Å². The zero-order valence-corrected chi connectivity index (χ0v) is 8.00. The summed E-state index contributed by atoms with van der Waals surface area (Å²) in [5.74, 6) is -1.23. The number of fused-ring (bicyclic) bond motifs is 1. The molecular weight excluding hydrogens is 214 g/mol. The average molecular weight is 220 g/mol. The van der Waals surface area contributed by atoms with E-state index in [1.54, 1.807) is 12.1 Å². The molecule has 0 aliphatic heterocycles. The van der Waals surface area contributed by atoms with Crippen molar-refractivity contribution in [3.63, 3.8) is 0 Å². The second-order valence-electron chi connectivity index (χ2n) is 3.24. The van der Waals surface area contributed by atoms with Gasteiger partial charge < -0.3 is 4.98 Å². The van der Waals surface area contributed by atoms with E-state index >= 15 is 0 Å². The Hall–Kier alpha value is -2.22. The number of halogens is 2. The van der Waals surface area contributed by atoms with E-state index in [9.17, 15) is 13.6 Å². The summed E-state index contributed by atoms with van der Waals surface area (Å²) in [5.41, 5.74) is 0.806. The lowest BCUT2D eigenvalue weighted by Gasteiger charge is -1.97. The van der Waals surface area contributed by atoms with E-state index in [2.05, 4.69) is 4.98 Å². The summed E-state index contributed by atoms with van der Waals surface area (Å²) in [6.07, 6.45) is -1.80. The van der Waals surface area contributed by atoms with Crippen LogP contribution in [0.5, 0.6) is 0 Å². The summed E-state index contributed by atoms with van der Waals surface area (Å²) >= 11 is 0. The van der Waals surface area contributed by atoms with Crippen LogP contribution in [0.1, 0.15) is 15.9 Å². The van der Waals surface area contributed by atoms with Crippen LogP contribution in [0, 0.1) is 11.3 Å². The maximum absolute atomic E-state index is 12.3. The average Bonchev–Trinajstić information content (AvgIpc) is 2.70. The Morgan fingerprint density at radius 2 is 2.19 bits per heavy atom. The Labute approximate surface area is 89.3 Å². The topological polar surface area (TPSA) is 56.6 Å². The molecule has 1 aromatic heterocycles. The van der Waals surface area contributed by atoms with Crippen LogP contribution in [-0.2, 0) is 0 Å². The normalized spacial score (nSPS) is 10.6. The molecule has 1 heterocycles. The minimum absolute atomic E-state index is 0.0814. The van der Waals surface area contributed by atoms with E-state index in [1.165, 1.54) is 12.3 Å². The number of carbonyl (C=O) groups is 1. The molecule has 0 spiro atoms. The van der Waals surface area contributed by atoms with Crippen molar-refractivity contribution in [2.45, 2.75) is 6.43 Å². The number of alkyl halides is 2. The summed E-state index contributed by atoms with van der Waals surface area (Å²) in [4.78, 5) is 13.9. The van der Waals surface area contributed by atoms with Crippen LogP contribution in [0.15, 0.2) is 24.4 Å². The quantitative estimate of drug-likeness (QED) is 0.790. The minimum Gasteiger partial charge on any atom is -0.360 e. The predicted octanol–water partition coefficient (Wildman–Crippen LogP) is 2.49. The van der Waals surface area contributed by atoms with Crippen molar-refractivity contribution in [2.75, 3.05) is 0 Å². The second-order valence-corrected chi connectivity index (χ2v) is 3.24. The summed E-state index contributed by atoms with van der Waals surface area (Å²) in [7, 11) is 0. The van der Waals surface area contributed by atoms with Crippen LogP contribution in [-0.4, -0.2) is 17.2 Å². The molecule has 0 saturated heterocycles. The van der Waals surface area contributed by atoms with Crippen LogP contribution >= 0.6 is 0 Å². The van der Waals surface area contributed by atoms with Crippen LogP contribution in [0.3, 0.4) is 0 Å². The molecule has 0 unspecified atom stereocenters. The largest absolute Gasteiger partial charge is 0.360 e. The van der Waals surface area contributed by atoms with Crippen molar-refractivity contribution in [1.82, 2.24) is 4.98 Å². The van der Waals surface area contributed by atoms with Gasteiger partial charge in [0.25, 0.3) is 0 Å². The number of aromatic nitrogens is 1. The van der Waals surface area contributed by atoms with Crippen LogP contribution in [0.25, 0.3) is 10.9 Å². The van der Waals surface area contributed by atoms with Crippen LogP contribution < -0.4 is 0 Å². The summed E-state index contributed by atoms with van der Waals surface area (Å²) < 4.78 is 24.5. The van der Waals surface area contributed by atoms with Crippen molar-refractivity contribution in [2.24, 2.45) is 0 Å². The highest BCUT2D eigenvalue weighted by Crippen LogP contribution is 2.21. The van der Waals surface area contributed by atoms with Gasteiger partial charge in [-0.25, -0.2) is 8.78 Å². The zero-order chi connectivity index (χ0) is 11.7. The molecule has 0 atom stereocenters. The molecule has 16 heavy (non-hydrogen) atoms. The van der Waals surface area contributed by atoms with Gasteiger partial charge in [-0.3, -0.25) is 4.79 Å². The van der Waals surface area contributed by atoms with E-state index in [0.717, 1.165) is 0 Å². The Kier molecular flexibility index (Phi) is 2.41. The van der Waals surface area contributed by atoms with Gasteiger partial charge in [-0.05, 0) is 18.2 Å². The smallest absolute Gasteiger partial charge is 0.300 e. The summed E-state index contributed by atoms with van der Waals surface area (Å²) in [6.45, 7) is 0. The number of ketones is 1. The zero-order valence-electron chi connectivity index (χ0n) is 8.00. The molecule has 1 aromatic carbocycles. The Morgan fingerprint density at radius 1 is 1.44 bits per heavy atom.